The van der Waals surface area contributed by atoms with Crippen LogP contribution in [0.1, 0.15) is 11.3 Å². The third-order valence-electron chi connectivity index (χ3n) is 3.78. The second kappa shape index (κ2) is 6.03. The molecule has 0 atom stereocenters. The maximum Gasteiger partial charge on any atom is 0.205 e. The Morgan fingerprint density at radius 2 is 1.73 bits per heavy atom. The number of anilines is 1. The summed E-state index contributed by atoms with van der Waals surface area (Å²) in [5.41, 5.74) is 11.2. The Balaban J connectivity index is 2.03. The topological polar surface area (TPSA) is 64.1 Å². The van der Waals surface area contributed by atoms with Gasteiger partial charge in [0.15, 0.2) is 0 Å². The zero-order valence-corrected chi connectivity index (χ0v) is 12.5. The quantitative estimate of drug-likeness (QED) is 0.777. The molecule has 0 amide bonds. The number of aromatic nitrogens is 2. The van der Waals surface area contributed by atoms with Crippen molar-refractivity contribution in [2.75, 3.05) is 12.3 Å². The van der Waals surface area contributed by atoms with Crippen molar-refractivity contribution >= 4 is 5.95 Å². The van der Waals surface area contributed by atoms with E-state index in [9.17, 15) is 0 Å². The molecule has 3 rings (SSSR count). The van der Waals surface area contributed by atoms with Gasteiger partial charge in [0.1, 0.15) is 0 Å². The molecule has 1 aromatic heterocycles. The minimum Gasteiger partial charge on any atom is -0.396 e. The van der Waals surface area contributed by atoms with Crippen LogP contribution in [0.2, 0.25) is 0 Å². The number of hydrogen-bond acceptors (Lipinski definition) is 3. The van der Waals surface area contributed by atoms with E-state index in [1.54, 1.807) is 0 Å². The third-order valence-corrected chi connectivity index (χ3v) is 3.78. The van der Waals surface area contributed by atoms with Gasteiger partial charge in [-0.2, -0.15) is 0 Å². The van der Waals surface area contributed by atoms with Crippen molar-refractivity contribution in [2.45, 2.75) is 13.3 Å². The largest absolute Gasteiger partial charge is 0.396 e. The van der Waals surface area contributed by atoms with Gasteiger partial charge in [-0.25, -0.2) is 4.98 Å². The van der Waals surface area contributed by atoms with Gasteiger partial charge in [-0.3, -0.25) is 4.57 Å². The summed E-state index contributed by atoms with van der Waals surface area (Å²) in [6, 6.07) is 18.1. The van der Waals surface area contributed by atoms with Crippen molar-refractivity contribution in [3.05, 3.63) is 65.9 Å². The van der Waals surface area contributed by atoms with Crippen LogP contribution >= 0.6 is 0 Å². The highest BCUT2D eigenvalue weighted by Gasteiger charge is 2.14. The molecule has 1 heterocycles. The number of nitrogens with two attached hydrogens (primary N) is 1. The van der Waals surface area contributed by atoms with E-state index in [0.717, 1.165) is 28.2 Å². The van der Waals surface area contributed by atoms with Crippen LogP contribution in [0, 0.1) is 6.92 Å². The molecule has 3 N–H and O–H groups in total. The first-order valence-electron chi connectivity index (χ1n) is 7.31. The van der Waals surface area contributed by atoms with E-state index in [4.69, 9.17) is 10.8 Å². The maximum atomic E-state index is 8.99. The number of nitrogen functional groups attached to an aromatic ring is 1. The highest BCUT2D eigenvalue weighted by Crippen LogP contribution is 2.27. The van der Waals surface area contributed by atoms with E-state index in [2.05, 4.69) is 4.98 Å². The van der Waals surface area contributed by atoms with Crippen molar-refractivity contribution < 1.29 is 5.11 Å². The lowest BCUT2D eigenvalue weighted by Gasteiger charge is -2.09. The predicted molar refractivity (Wildman–Crippen MR) is 88.9 cm³/mol. The average molecular weight is 293 g/mol. The normalized spacial score (nSPS) is 10.8. The lowest BCUT2D eigenvalue weighted by atomic mass is 10.1. The minimum atomic E-state index is 0.156. The summed E-state index contributed by atoms with van der Waals surface area (Å²) in [7, 11) is 0. The van der Waals surface area contributed by atoms with Crippen LogP contribution in [0.4, 0.5) is 5.95 Å². The zero-order valence-electron chi connectivity index (χ0n) is 12.5. The summed E-state index contributed by atoms with van der Waals surface area (Å²) in [4.78, 5) is 4.52. The van der Waals surface area contributed by atoms with E-state index in [1.165, 1.54) is 0 Å². The maximum absolute atomic E-state index is 8.99. The van der Waals surface area contributed by atoms with Gasteiger partial charge in [-0.05, 0) is 31.0 Å². The second-order valence-electron chi connectivity index (χ2n) is 5.25. The minimum absolute atomic E-state index is 0.156. The number of nitrogens with zero attached hydrogens (tertiary/aromatic N) is 2. The highest BCUT2D eigenvalue weighted by molar-refractivity contribution is 5.65. The molecule has 0 aliphatic rings. The monoisotopic (exact) mass is 293 g/mol. The summed E-state index contributed by atoms with van der Waals surface area (Å²) in [6.45, 7) is 2.18. The lowest BCUT2D eigenvalue weighted by Crippen LogP contribution is -2.02. The Hall–Kier alpha value is -2.59. The van der Waals surface area contributed by atoms with Crippen molar-refractivity contribution in [3.63, 3.8) is 0 Å². The summed E-state index contributed by atoms with van der Waals surface area (Å²) in [5, 5.41) is 8.99. The molecular weight excluding hydrogens is 274 g/mol. The van der Waals surface area contributed by atoms with Crippen LogP contribution < -0.4 is 5.73 Å². The van der Waals surface area contributed by atoms with E-state index in [0.29, 0.717) is 12.4 Å². The molecule has 0 aliphatic heterocycles. The van der Waals surface area contributed by atoms with E-state index < -0.39 is 0 Å². The summed E-state index contributed by atoms with van der Waals surface area (Å²) >= 11 is 0. The number of aliphatic hydroxyl groups is 1. The molecule has 3 aromatic rings. The van der Waals surface area contributed by atoms with Gasteiger partial charge >= 0.3 is 0 Å². The van der Waals surface area contributed by atoms with Crippen molar-refractivity contribution in [1.29, 1.82) is 0 Å². The molecule has 0 aliphatic carbocycles. The standard InChI is InChI=1S/C18H19N3O/c1-13-17(15-5-3-2-4-6-15)20-18(19)21(13)16-9-7-14(8-10-16)11-12-22/h2-10,22H,11-12H2,1H3,(H2,19,20). The predicted octanol–water partition coefficient (Wildman–Crippen LogP) is 2.96. The first kappa shape index (κ1) is 14.4. The van der Waals surface area contributed by atoms with Gasteiger partial charge in [-0.15, -0.1) is 0 Å². The van der Waals surface area contributed by atoms with Gasteiger partial charge in [0.25, 0.3) is 0 Å². The fourth-order valence-corrected chi connectivity index (χ4v) is 2.66. The molecule has 0 unspecified atom stereocenters. The second-order valence-corrected chi connectivity index (χ2v) is 5.25. The zero-order chi connectivity index (χ0) is 15.5. The molecule has 0 saturated heterocycles. The molecule has 0 fully saturated rings. The van der Waals surface area contributed by atoms with Crippen LogP contribution in [0.25, 0.3) is 16.9 Å². The molecular formula is C18H19N3O. The van der Waals surface area contributed by atoms with Crippen molar-refractivity contribution in [3.8, 4) is 16.9 Å². The molecule has 2 aromatic carbocycles. The SMILES string of the molecule is Cc1c(-c2ccccc2)nc(N)n1-c1ccc(CCO)cc1. The van der Waals surface area contributed by atoms with Crippen LogP contribution in [0.15, 0.2) is 54.6 Å². The number of hydrogen-bond donors (Lipinski definition) is 2. The molecule has 0 spiro atoms. The lowest BCUT2D eigenvalue weighted by molar-refractivity contribution is 0.299. The Bertz CT molecular complexity index is 761. The summed E-state index contributed by atoms with van der Waals surface area (Å²) in [6.07, 6.45) is 0.661. The number of benzene rings is 2. The van der Waals surface area contributed by atoms with Gasteiger partial charge in [0.2, 0.25) is 5.95 Å². The fourth-order valence-electron chi connectivity index (χ4n) is 2.66. The highest BCUT2D eigenvalue weighted by atomic mass is 16.2. The molecule has 112 valence electrons. The van der Waals surface area contributed by atoms with Crippen LogP contribution in [-0.2, 0) is 6.42 Å². The van der Waals surface area contributed by atoms with E-state index in [1.807, 2.05) is 66.1 Å². The van der Waals surface area contributed by atoms with Crippen LogP contribution in [0.3, 0.4) is 0 Å². The Labute approximate surface area is 129 Å². The average Bonchev–Trinajstić information content (AvgIpc) is 2.84. The Morgan fingerprint density at radius 3 is 2.36 bits per heavy atom. The molecule has 4 heteroatoms. The molecule has 0 radical (unpaired) electrons. The number of rotatable bonds is 4. The molecule has 4 nitrogen and oxygen atoms in total. The first-order valence-corrected chi connectivity index (χ1v) is 7.31. The van der Waals surface area contributed by atoms with Gasteiger partial charge < -0.3 is 10.8 Å². The van der Waals surface area contributed by atoms with Crippen molar-refractivity contribution in [2.24, 2.45) is 0 Å². The fraction of sp³-hybridized carbons (Fsp3) is 0.167. The smallest absolute Gasteiger partial charge is 0.205 e. The van der Waals surface area contributed by atoms with Crippen LogP contribution in [-0.4, -0.2) is 21.3 Å². The number of aliphatic hydroxyl groups excluding tert-OH is 1. The molecule has 0 bridgehead atoms. The molecule has 0 saturated carbocycles. The third kappa shape index (κ3) is 2.61. The van der Waals surface area contributed by atoms with Gasteiger partial charge in [0.05, 0.1) is 5.69 Å². The Kier molecular flexibility index (Phi) is 3.94. The van der Waals surface area contributed by atoms with Crippen LogP contribution in [0.5, 0.6) is 0 Å². The molecule has 22 heavy (non-hydrogen) atoms. The Morgan fingerprint density at radius 1 is 1.05 bits per heavy atom. The first-order chi connectivity index (χ1) is 10.7. The van der Waals surface area contributed by atoms with E-state index >= 15 is 0 Å². The van der Waals surface area contributed by atoms with Gasteiger partial charge in [-0.1, -0.05) is 42.5 Å². The summed E-state index contributed by atoms with van der Waals surface area (Å²) < 4.78 is 1.95. The van der Waals surface area contributed by atoms with Crippen molar-refractivity contribution in [1.82, 2.24) is 9.55 Å². The summed E-state index contributed by atoms with van der Waals surface area (Å²) in [5.74, 6) is 0.478. The van der Waals surface area contributed by atoms with E-state index in [-0.39, 0.29) is 6.61 Å². The van der Waals surface area contributed by atoms with Gasteiger partial charge in [0, 0.05) is 23.6 Å². The number of imidazole rings is 1.